The number of ether oxygens (including phenoxy) is 4. The van der Waals surface area contributed by atoms with E-state index in [4.69, 9.17) is 18.9 Å². The first-order chi connectivity index (χ1) is 17.6. The summed E-state index contributed by atoms with van der Waals surface area (Å²) < 4.78 is 50.7. The summed E-state index contributed by atoms with van der Waals surface area (Å²) in [5, 5.41) is 3.30. The smallest absolute Gasteiger partial charge is 0.303 e. The zero-order valence-electron chi connectivity index (χ0n) is 21.1. The Balaban J connectivity index is 1.17. The number of benzene rings is 1. The second kappa shape index (κ2) is 10.2. The van der Waals surface area contributed by atoms with Crippen LogP contribution in [-0.2, 0) is 29.0 Å². The number of rotatable bonds is 7. The average molecular weight is 533 g/mol. The molecule has 4 heterocycles. The van der Waals surface area contributed by atoms with Gasteiger partial charge in [0.2, 0.25) is 21.9 Å². The van der Waals surface area contributed by atoms with Gasteiger partial charge in [0.05, 0.1) is 18.1 Å². The van der Waals surface area contributed by atoms with Crippen LogP contribution in [0.25, 0.3) is 0 Å². The maximum atomic E-state index is 13.0. The van der Waals surface area contributed by atoms with Gasteiger partial charge >= 0.3 is 5.97 Å². The minimum Gasteiger partial charge on any atom is -0.469 e. The lowest BCUT2D eigenvalue weighted by atomic mass is 9.94. The Hall–Kier alpha value is -2.80. The van der Waals surface area contributed by atoms with Gasteiger partial charge in [-0.1, -0.05) is 17.7 Å². The summed E-state index contributed by atoms with van der Waals surface area (Å²) in [6.45, 7) is 6.49. The number of nitrogens with one attached hydrogen (secondary N) is 1. The first kappa shape index (κ1) is 25.8. The predicted octanol–water partition coefficient (Wildman–Crippen LogP) is 1.92. The van der Waals surface area contributed by atoms with Crippen molar-refractivity contribution >= 4 is 21.9 Å². The van der Waals surface area contributed by atoms with Crippen molar-refractivity contribution in [3.8, 4) is 5.88 Å². The minimum atomic E-state index is -3.52. The summed E-state index contributed by atoms with van der Waals surface area (Å²) in [4.78, 5) is 20.5. The molecule has 0 spiro atoms. The Labute approximate surface area is 216 Å². The number of carbonyl (C=O) groups excluding carboxylic acids is 1. The molecule has 37 heavy (non-hydrogen) atoms. The molecule has 1 aromatic carbocycles. The van der Waals surface area contributed by atoms with Gasteiger partial charge in [0.1, 0.15) is 11.7 Å². The summed E-state index contributed by atoms with van der Waals surface area (Å²) in [5.41, 5.74) is 0.238. The van der Waals surface area contributed by atoms with E-state index >= 15 is 0 Å². The van der Waals surface area contributed by atoms with Crippen molar-refractivity contribution in [2.24, 2.45) is 0 Å². The third kappa shape index (κ3) is 5.28. The molecule has 2 aromatic rings. The number of aryl methyl sites for hydroxylation is 1. The lowest BCUT2D eigenvalue weighted by Gasteiger charge is -2.31. The Bertz CT molecular complexity index is 1230. The van der Waals surface area contributed by atoms with E-state index in [2.05, 4.69) is 15.3 Å². The van der Waals surface area contributed by atoms with Crippen LogP contribution in [0.1, 0.15) is 32.3 Å². The highest BCUT2D eigenvalue weighted by atomic mass is 32.2. The second-order valence-corrected chi connectivity index (χ2v) is 11.8. The maximum absolute atomic E-state index is 13.0. The SMILES string of the molecule is CC(=O)O[C@H]1CO[C@@H]2[C@@H](Oc3ccnc(NC4CCN(S(=O)(=O)c5ccc(C)cc5)CC4)n3)CO[C@]12C. The van der Waals surface area contributed by atoms with Crippen LogP contribution in [-0.4, -0.2) is 84.9 Å². The summed E-state index contributed by atoms with van der Waals surface area (Å²) in [6, 6.07) is 8.61. The van der Waals surface area contributed by atoms with Crippen molar-refractivity contribution in [1.82, 2.24) is 14.3 Å². The van der Waals surface area contributed by atoms with Crippen LogP contribution < -0.4 is 10.1 Å². The molecular formula is C25H32N4O7S. The number of sulfonamides is 1. The molecule has 1 aromatic heterocycles. The fourth-order valence-corrected chi connectivity index (χ4v) is 6.54. The van der Waals surface area contributed by atoms with Crippen LogP contribution in [0.2, 0.25) is 0 Å². The van der Waals surface area contributed by atoms with Gasteiger partial charge in [-0.25, -0.2) is 13.4 Å². The van der Waals surface area contributed by atoms with E-state index < -0.39 is 33.9 Å². The number of hydrogen-bond acceptors (Lipinski definition) is 10. The number of esters is 1. The van der Waals surface area contributed by atoms with Crippen molar-refractivity contribution in [3.05, 3.63) is 42.1 Å². The fraction of sp³-hybridized carbons (Fsp3) is 0.560. The quantitative estimate of drug-likeness (QED) is 0.528. The highest BCUT2D eigenvalue weighted by Gasteiger charge is 2.59. The Kier molecular flexibility index (Phi) is 7.10. The summed E-state index contributed by atoms with van der Waals surface area (Å²) in [6.07, 6.45) is 1.55. The zero-order chi connectivity index (χ0) is 26.2. The topological polar surface area (TPSA) is 129 Å². The molecule has 0 unspecified atom stereocenters. The molecular weight excluding hydrogens is 500 g/mol. The van der Waals surface area contributed by atoms with E-state index in [1.807, 2.05) is 26.0 Å². The number of piperidine rings is 1. The number of nitrogens with zero attached hydrogens (tertiary/aromatic N) is 3. The maximum Gasteiger partial charge on any atom is 0.303 e. The molecule has 5 rings (SSSR count). The van der Waals surface area contributed by atoms with Crippen LogP contribution in [0.4, 0.5) is 5.95 Å². The van der Waals surface area contributed by atoms with Crippen LogP contribution in [0.5, 0.6) is 5.88 Å². The number of carbonyl (C=O) groups is 1. The van der Waals surface area contributed by atoms with Crippen LogP contribution >= 0.6 is 0 Å². The van der Waals surface area contributed by atoms with Gasteiger partial charge in [0.25, 0.3) is 0 Å². The monoisotopic (exact) mass is 532 g/mol. The summed E-state index contributed by atoms with van der Waals surface area (Å²) in [5.74, 6) is 0.395. The predicted molar refractivity (Wildman–Crippen MR) is 133 cm³/mol. The minimum absolute atomic E-state index is 0.0282. The fourth-order valence-electron chi connectivity index (χ4n) is 5.07. The number of aromatic nitrogens is 2. The normalized spacial score (nSPS) is 28.6. The molecule has 0 aliphatic carbocycles. The van der Waals surface area contributed by atoms with Gasteiger partial charge < -0.3 is 24.3 Å². The van der Waals surface area contributed by atoms with Crippen molar-refractivity contribution in [3.63, 3.8) is 0 Å². The van der Waals surface area contributed by atoms with Crippen molar-refractivity contribution < 1.29 is 32.2 Å². The molecule has 12 heteroatoms. The molecule has 0 radical (unpaired) electrons. The van der Waals surface area contributed by atoms with Crippen molar-refractivity contribution in [2.75, 3.05) is 31.6 Å². The molecule has 0 saturated carbocycles. The number of hydrogen-bond donors (Lipinski definition) is 1. The Morgan fingerprint density at radius 1 is 1.16 bits per heavy atom. The molecule has 3 aliphatic heterocycles. The average Bonchev–Trinajstić information content (AvgIpc) is 3.35. The third-order valence-electron chi connectivity index (χ3n) is 7.18. The van der Waals surface area contributed by atoms with E-state index in [0.717, 1.165) is 5.56 Å². The van der Waals surface area contributed by atoms with Crippen LogP contribution in [0.15, 0.2) is 41.4 Å². The van der Waals surface area contributed by atoms with Gasteiger partial charge in [0, 0.05) is 38.3 Å². The van der Waals surface area contributed by atoms with Crippen LogP contribution in [0.3, 0.4) is 0 Å². The molecule has 3 fully saturated rings. The largest absolute Gasteiger partial charge is 0.469 e. The number of fused-ring (bicyclic) bond motifs is 1. The lowest BCUT2D eigenvalue weighted by molar-refractivity contribution is -0.157. The molecule has 3 aliphatic rings. The summed E-state index contributed by atoms with van der Waals surface area (Å²) >= 11 is 0. The molecule has 3 saturated heterocycles. The van der Waals surface area contributed by atoms with E-state index in [1.165, 1.54) is 11.2 Å². The molecule has 0 amide bonds. The first-order valence-corrected chi connectivity index (χ1v) is 13.8. The van der Waals surface area contributed by atoms with Gasteiger partial charge in [-0.2, -0.15) is 9.29 Å². The Morgan fingerprint density at radius 3 is 2.59 bits per heavy atom. The van der Waals surface area contributed by atoms with E-state index in [-0.39, 0.29) is 25.2 Å². The molecule has 200 valence electrons. The van der Waals surface area contributed by atoms with Gasteiger partial charge in [-0.3, -0.25) is 4.79 Å². The highest BCUT2D eigenvalue weighted by Crippen LogP contribution is 2.40. The number of anilines is 1. The van der Waals surface area contributed by atoms with Gasteiger partial charge in [-0.05, 0) is 38.8 Å². The summed E-state index contributed by atoms with van der Waals surface area (Å²) in [7, 11) is -3.52. The lowest BCUT2D eigenvalue weighted by Crippen LogP contribution is -2.46. The van der Waals surface area contributed by atoms with Crippen molar-refractivity contribution in [2.45, 2.75) is 68.5 Å². The third-order valence-corrected chi connectivity index (χ3v) is 9.10. The Morgan fingerprint density at radius 2 is 1.89 bits per heavy atom. The van der Waals surface area contributed by atoms with E-state index in [1.54, 1.807) is 24.4 Å². The zero-order valence-corrected chi connectivity index (χ0v) is 21.9. The van der Waals surface area contributed by atoms with Crippen LogP contribution in [0, 0.1) is 6.92 Å². The molecule has 4 atom stereocenters. The van der Waals surface area contributed by atoms with E-state index in [9.17, 15) is 13.2 Å². The van der Waals surface area contributed by atoms with Gasteiger partial charge in [-0.15, -0.1) is 0 Å². The molecule has 11 nitrogen and oxygen atoms in total. The first-order valence-electron chi connectivity index (χ1n) is 12.4. The van der Waals surface area contributed by atoms with Gasteiger partial charge in [0.15, 0.2) is 12.2 Å². The highest BCUT2D eigenvalue weighted by molar-refractivity contribution is 7.89. The molecule has 0 bridgehead atoms. The molecule has 1 N–H and O–H groups in total. The van der Waals surface area contributed by atoms with Crippen molar-refractivity contribution in [1.29, 1.82) is 0 Å². The second-order valence-electron chi connectivity index (χ2n) is 9.86. The van der Waals surface area contributed by atoms with E-state index in [0.29, 0.717) is 42.7 Å². The standard InChI is InChI=1S/C25H32N4O7S/c1-16-4-6-19(7-5-16)37(31,32)29-12-9-18(10-13-29)27-24-26-11-8-22(28-24)36-20-14-34-25(3)21(35-17(2)30)15-33-23(20)25/h4-8,11,18,20-21,23H,9-10,12-15H2,1-3H3,(H,26,27,28)/t20-,21-,23+,25+/m0/s1.